The number of rotatable bonds is 2. The molecule has 1 heterocycles. The van der Waals surface area contributed by atoms with Gasteiger partial charge in [-0.3, -0.25) is 0 Å². The summed E-state index contributed by atoms with van der Waals surface area (Å²) in [6.45, 7) is 2.09. The van der Waals surface area contributed by atoms with Crippen molar-refractivity contribution in [1.82, 2.24) is 0 Å². The molecule has 1 aromatic rings. The van der Waals surface area contributed by atoms with E-state index in [2.05, 4.69) is 25.1 Å². The molecule has 0 aliphatic carbocycles. The molecule has 1 nitrogen and oxygen atoms in total. The van der Waals surface area contributed by atoms with Gasteiger partial charge in [-0.25, -0.2) is 0 Å². The number of benzene rings is 1. The lowest BCUT2D eigenvalue weighted by molar-refractivity contribution is 0.411. The predicted octanol–water partition coefficient (Wildman–Crippen LogP) is 3.87. The Morgan fingerprint density at radius 2 is 2.00 bits per heavy atom. The summed E-state index contributed by atoms with van der Waals surface area (Å²) in [6, 6.07) is 6.57. The van der Waals surface area contributed by atoms with Gasteiger partial charge in [-0.2, -0.15) is 0 Å². The Hall–Kier alpha value is -0.280. The van der Waals surface area contributed by atoms with E-state index in [9.17, 15) is 0 Å². The zero-order valence-corrected chi connectivity index (χ0v) is 10.8. The quantitative estimate of drug-likeness (QED) is 0.776. The molecule has 1 fully saturated rings. The van der Waals surface area contributed by atoms with Crippen LogP contribution in [-0.2, 0) is 0 Å². The third kappa shape index (κ3) is 2.64. The lowest BCUT2D eigenvalue weighted by atomic mass is 10.1. The van der Waals surface area contributed by atoms with E-state index < -0.39 is 0 Å². The summed E-state index contributed by atoms with van der Waals surface area (Å²) in [5.41, 5.74) is 2.61. The minimum atomic E-state index is 0.605. The van der Waals surface area contributed by atoms with Gasteiger partial charge in [0, 0.05) is 0 Å². The molecule has 0 spiro atoms. The summed E-state index contributed by atoms with van der Waals surface area (Å²) >= 11 is 4.10. The van der Waals surface area contributed by atoms with E-state index in [1.54, 1.807) is 7.11 Å². The van der Waals surface area contributed by atoms with Crippen LogP contribution < -0.4 is 4.74 Å². The average Bonchev–Trinajstić information content (AvgIpc) is 2.31. The minimum Gasteiger partial charge on any atom is -0.496 e. The Morgan fingerprint density at radius 1 is 1.27 bits per heavy atom. The zero-order valence-electron chi connectivity index (χ0n) is 9.16. The van der Waals surface area contributed by atoms with E-state index in [1.807, 2.05) is 23.5 Å². The van der Waals surface area contributed by atoms with Crippen LogP contribution in [-0.4, -0.2) is 18.6 Å². The molecule has 0 atom stereocenters. The van der Waals surface area contributed by atoms with Gasteiger partial charge in [0.1, 0.15) is 5.75 Å². The number of methoxy groups -OCH3 is 1. The highest BCUT2D eigenvalue weighted by molar-refractivity contribution is 8.16. The second-order valence-corrected chi connectivity index (χ2v) is 6.38. The molecule has 1 aliphatic rings. The van der Waals surface area contributed by atoms with Crippen LogP contribution >= 0.6 is 23.5 Å². The van der Waals surface area contributed by atoms with Crippen LogP contribution in [0, 0.1) is 6.92 Å². The SMILES string of the molecule is COc1cc(C2SCCCS2)ccc1C. The van der Waals surface area contributed by atoms with Gasteiger partial charge in [-0.1, -0.05) is 12.1 Å². The van der Waals surface area contributed by atoms with Gasteiger partial charge in [-0.05, 0) is 42.0 Å². The van der Waals surface area contributed by atoms with E-state index >= 15 is 0 Å². The monoisotopic (exact) mass is 240 g/mol. The summed E-state index contributed by atoms with van der Waals surface area (Å²) in [5, 5.41) is 0. The highest BCUT2D eigenvalue weighted by atomic mass is 32.2. The number of ether oxygens (including phenoxy) is 1. The molecule has 1 saturated heterocycles. The zero-order chi connectivity index (χ0) is 10.7. The molecule has 0 N–H and O–H groups in total. The molecule has 0 radical (unpaired) electrons. The second kappa shape index (κ2) is 5.17. The molecular formula is C12H16OS2. The van der Waals surface area contributed by atoms with Crippen molar-refractivity contribution in [3.8, 4) is 5.75 Å². The van der Waals surface area contributed by atoms with E-state index in [0.29, 0.717) is 4.58 Å². The molecule has 0 aromatic heterocycles. The molecular weight excluding hydrogens is 224 g/mol. The molecule has 3 heteroatoms. The number of hydrogen-bond acceptors (Lipinski definition) is 3. The van der Waals surface area contributed by atoms with Gasteiger partial charge < -0.3 is 4.74 Å². The molecule has 0 unspecified atom stereocenters. The van der Waals surface area contributed by atoms with Crippen LogP contribution in [0.25, 0.3) is 0 Å². The van der Waals surface area contributed by atoms with Crippen molar-refractivity contribution in [1.29, 1.82) is 0 Å². The highest BCUT2D eigenvalue weighted by Crippen LogP contribution is 2.44. The van der Waals surface area contributed by atoms with Crippen LogP contribution in [0.3, 0.4) is 0 Å². The van der Waals surface area contributed by atoms with Crippen molar-refractivity contribution in [3.63, 3.8) is 0 Å². The van der Waals surface area contributed by atoms with Gasteiger partial charge in [0.2, 0.25) is 0 Å². The number of aryl methyl sites for hydroxylation is 1. The van der Waals surface area contributed by atoms with Gasteiger partial charge in [0.15, 0.2) is 0 Å². The largest absolute Gasteiger partial charge is 0.496 e. The van der Waals surface area contributed by atoms with E-state index in [4.69, 9.17) is 4.74 Å². The summed E-state index contributed by atoms with van der Waals surface area (Å²) < 4.78 is 5.96. The maximum atomic E-state index is 5.36. The van der Waals surface area contributed by atoms with Crippen molar-refractivity contribution in [2.75, 3.05) is 18.6 Å². The van der Waals surface area contributed by atoms with E-state index in [1.165, 1.54) is 29.1 Å². The molecule has 2 rings (SSSR count). The highest BCUT2D eigenvalue weighted by Gasteiger charge is 2.17. The predicted molar refractivity (Wildman–Crippen MR) is 70.0 cm³/mol. The van der Waals surface area contributed by atoms with Crippen molar-refractivity contribution < 1.29 is 4.74 Å². The maximum absolute atomic E-state index is 5.36. The third-order valence-corrected chi connectivity index (χ3v) is 5.55. The first-order valence-corrected chi connectivity index (χ1v) is 7.29. The average molecular weight is 240 g/mol. The molecule has 0 bridgehead atoms. The fourth-order valence-electron chi connectivity index (χ4n) is 1.66. The Balaban J connectivity index is 2.20. The van der Waals surface area contributed by atoms with Crippen LogP contribution in [0.2, 0.25) is 0 Å². The third-order valence-electron chi connectivity index (χ3n) is 2.53. The van der Waals surface area contributed by atoms with Crippen molar-refractivity contribution in [2.45, 2.75) is 17.9 Å². The minimum absolute atomic E-state index is 0.605. The first-order chi connectivity index (χ1) is 7.31. The second-order valence-electron chi connectivity index (χ2n) is 3.66. The molecule has 82 valence electrons. The van der Waals surface area contributed by atoms with Gasteiger partial charge in [0.25, 0.3) is 0 Å². The van der Waals surface area contributed by atoms with Crippen LogP contribution in [0.15, 0.2) is 18.2 Å². The first-order valence-electron chi connectivity index (χ1n) is 5.19. The molecule has 0 amide bonds. The van der Waals surface area contributed by atoms with Crippen molar-refractivity contribution in [3.05, 3.63) is 29.3 Å². The maximum Gasteiger partial charge on any atom is 0.122 e. The van der Waals surface area contributed by atoms with Crippen molar-refractivity contribution in [2.24, 2.45) is 0 Å². The van der Waals surface area contributed by atoms with Crippen LogP contribution in [0.4, 0.5) is 0 Å². The van der Waals surface area contributed by atoms with E-state index in [0.717, 1.165) is 5.75 Å². The fourth-order valence-corrected chi connectivity index (χ4v) is 4.54. The normalized spacial score (nSPS) is 17.7. The summed E-state index contributed by atoms with van der Waals surface area (Å²) in [5.74, 6) is 3.58. The lowest BCUT2D eigenvalue weighted by Crippen LogP contribution is -2.00. The summed E-state index contributed by atoms with van der Waals surface area (Å²) in [4.78, 5) is 0. The smallest absolute Gasteiger partial charge is 0.122 e. The van der Waals surface area contributed by atoms with E-state index in [-0.39, 0.29) is 0 Å². The number of thioether (sulfide) groups is 2. The van der Waals surface area contributed by atoms with Gasteiger partial charge in [-0.15, -0.1) is 23.5 Å². The summed E-state index contributed by atoms with van der Waals surface area (Å²) in [7, 11) is 1.74. The number of hydrogen-bond donors (Lipinski definition) is 0. The molecule has 1 aromatic carbocycles. The van der Waals surface area contributed by atoms with Crippen LogP contribution in [0.5, 0.6) is 5.75 Å². The van der Waals surface area contributed by atoms with Crippen LogP contribution in [0.1, 0.15) is 22.1 Å². The molecule has 0 saturated carbocycles. The Morgan fingerprint density at radius 3 is 2.67 bits per heavy atom. The summed E-state index contributed by atoms with van der Waals surface area (Å²) in [6.07, 6.45) is 1.34. The molecule has 15 heavy (non-hydrogen) atoms. The topological polar surface area (TPSA) is 9.23 Å². The lowest BCUT2D eigenvalue weighted by Gasteiger charge is -2.21. The van der Waals surface area contributed by atoms with Gasteiger partial charge >= 0.3 is 0 Å². The van der Waals surface area contributed by atoms with Gasteiger partial charge in [0.05, 0.1) is 11.7 Å². The standard InChI is InChI=1S/C12H16OS2/c1-9-4-5-10(8-11(9)13-2)12-14-6-3-7-15-12/h4-5,8,12H,3,6-7H2,1-2H3. The Kier molecular flexibility index (Phi) is 3.87. The first kappa shape index (κ1) is 11.2. The fraction of sp³-hybridized carbons (Fsp3) is 0.500. The Labute approximate surface area is 100.0 Å². The van der Waals surface area contributed by atoms with Crippen molar-refractivity contribution >= 4 is 23.5 Å². The molecule has 1 aliphatic heterocycles. The Bertz CT molecular complexity index is 332.